The molecule has 68 valence electrons. The highest BCUT2D eigenvalue weighted by molar-refractivity contribution is 8.14. The van der Waals surface area contributed by atoms with Gasteiger partial charge in [-0.05, 0) is 19.1 Å². The third kappa shape index (κ3) is 1.78. The molecular weight excluding hydrogens is 178 g/mol. The van der Waals surface area contributed by atoms with Crippen molar-refractivity contribution in [1.82, 2.24) is 0 Å². The van der Waals surface area contributed by atoms with Gasteiger partial charge in [-0.25, -0.2) is 4.58 Å². The van der Waals surface area contributed by atoms with Crippen LogP contribution in [0.2, 0.25) is 0 Å². The van der Waals surface area contributed by atoms with Crippen molar-refractivity contribution in [2.75, 3.05) is 19.3 Å². The monoisotopic (exact) mass is 192 g/mol. The Balaban J connectivity index is 2.40. The number of hydrogen-bond donors (Lipinski definition) is 0. The molecule has 0 atom stereocenters. The lowest BCUT2D eigenvalue weighted by atomic mass is 10.1. The topological polar surface area (TPSA) is 3.01 Å². The Morgan fingerprint density at radius 3 is 2.85 bits per heavy atom. The zero-order valence-electron chi connectivity index (χ0n) is 8.08. The Morgan fingerprint density at radius 2 is 2.23 bits per heavy atom. The van der Waals surface area contributed by atoms with Crippen molar-refractivity contribution in [3.63, 3.8) is 0 Å². The first-order valence-electron chi connectivity index (χ1n) is 4.55. The minimum absolute atomic E-state index is 1.17. The molecule has 0 N–H and O–H groups in total. The van der Waals surface area contributed by atoms with Crippen LogP contribution in [0.4, 0.5) is 0 Å². The second-order valence-electron chi connectivity index (χ2n) is 3.44. The molecule has 0 saturated carbocycles. The molecule has 0 saturated heterocycles. The molecule has 0 bridgehead atoms. The van der Waals surface area contributed by atoms with Crippen LogP contribution < -0.4 is 0 Å². The highest BCUT2D eigenvalue weighted by atomic mass is 32.2. The zero-order valence-corrected chi connectivity index (χ0v) is 8.90. The summed E-state index contributed by atoms with van der Waals surface area (Å²) in [7, 11) is 2.16. The molecule has 1 aromatic rings. The molecule has 0 spiro atoms. The molecular formula is C11H14NS+. The highest BCUT2D eigenvalue weighted by Crippen LogP contribution is 2.18. The first-order valence-corrected chi connectivity index (χ1v) is 5.54. The van der Waals surface area contributed by atoms with Crippen LogP contribution in [-0.4, -0.2) is 29.0 Å². The average molecular weight is 192 g/mol. The molecule has 1 aromatic carbocycles. The number of hydrogen-bond acceptors (Lipinski definition) is 1. The minimum atomic E-state index is 1.17. The molecule has 1 nitrogen and oxygen atoms in total. The van der Waals surface area contributed by atoms with Crippen molar-refractivity contribution < 1.29 is 4.58 Å². The van der Waals surface area contributed by atoms with Gasteiger partial charge in [0.25, 0.3) is 0 Å². The summed E-state index contributed by atoms with van der Waals surface area (Å²) < 4.78 is 2.33. The van der Waals surface area contributed by atoms with E-state index in [-0.39, 0.29) is 0 Å². The van der Waals surface area contributed by atoms with Crippen molar-refractivity contribution >= 4 is 16.8 Å². The van der Waals surface area contributed by atoms with Gasteiger partial charge < -0.3 is 0 Å². The maximum absolute atomic E-state index is 2.33. The van der Waals surface area contributed by atoms with E-state index in [9.17, 15) is 0 Å². The van der Waals surface area contributed by atoms with Crippen molar-refractivity contribution in [1.29, 1.82) is 0 Å². The van der Waals surface area contributed by atoms with Gasteiger partial charge in [0.05, 0.1) is 11.3 Å². The van der Waals surface area contributed by atoms with E-state index in [1.807, 2.05) is 11.8 Å². The zero-order chi connectivity index (χ0) is 9.26. The van der Waals surface area contributed by atoms with E-state index in [2.05, 4.69) is 42.8 Å². The molecule has 13 heavy (non-hydrogen) atoms. The molecule has 2 heteroatoms. The summed E-state index contributed by atoms with van der Waals surface area (Å²) >= 11 is 1.95. The fourth-order valence-corrected chi connectivity index (χ4v) is 2.74. The van der Waals surface area contributed by atoms with Crippen molar-refractivity contribution in [2.45, 2.75) is 6.92 Å². The van der Waals surface area contributed by atoms with E-state index in [0.717, 1.165) is 0 Å². The second-order valence-corrected chi connectivity index (χ2v) is 4.53. The van der Waals surface area contributed by atoms with Gasteiger partial charge in [0.1, 0.15) is 7.05 Å². The van der Waals surface area contributed by atoms with Crippen LogP contribution in [0, 0.1) is 6.92 Å². The summed E-state index contributed by atoms with van der Waals surface area (Å²) in [6.45, 7) is 3.32. The van der Waals surface area contributed by atoms with Gasteiger partial charge in [-0.1, -0.05) is 29.5 Å². The summed E-state index contributed by atoms with van der Waals surface area (Å²) in [5.74, 6) is 1.22. The van der Waals surface area contributed by atoms with Crippen LogP contribution in [0.1, 0.15) is 11.1 Å². The summed E-state index contributed by atoms with van der Waals surface area (Å²) in [4.78, 5) is 0. The van der Waals surface area contributed by atoms with E-state index in [4.69, 9.17) is 0 Å². The number of rotatable bonds is 1. The summed E-state index contributed by atoms with van der Waals surface area (Å²) in [5, 5.41) is 1.42. The van der Waals surface area contributed by atoms with E-state index in [1.165, 1.54) is 28.5 Å². The molecule has 0 unspecified atom stereocenters. The summed E-state index contributed by atoms with van der Waals surface area (Å²) in [5.41, 5.74) is 2.70. The van der Waals surface area contributed by atoms with Crippen LogP contribution in [0.25, 0.3) is 0 Å². The summed E-state index contributed by atoms with van der Waals surface area (Å²) in [6, 6.07) is 8.72. The molecule has 0 aliphatic carbocycles. The molecule has 0 aromatic heterocycles. The lowest BCUT2D eigenvalue weighted by molar-refractivity contribution is -0.485. The van der Waals surface area contributed by atoms with Gasteiger partial charge in [0.2, 0.25) is 5.04 Å². The Morgan fingerprint density at radius 1 is 1.38 bits per heavy atom. The van der Waals surface area contributed by atoms with E-state index in [1.54, 1.807) is 0 Å². The first kappa shape index (κ1) is 8.82. The number of thioether (sulfide) groups is 1. The largest absolute Gasteiger partial charge is 0.242 e. The Labute approximate surface area is 83.5 Å². The van der Waals surface area contributed by atoms with Crippen LogP contribution in [0.15, 0.2) is 24.3 Å². The molecule has 1 aliphatic rings. The van der Waals surface area contributed by atoms with Crippen LogP contribution in [-0.2, 0) is 0 Å². The van der Waals surface area contributed by atoms with Crippen LogP contribution in [0.3, 0.4) is 0 Å². The Kier molecular flexibility index (Phi) is 2.40. The van der Waals surface area contributed by atoms with Gasteiger partial charge in [-0.2, -0.15) is 0 Å². The Hall–Kier alpha value is -0.760. The van der Waals surface area contributed by atoms with E-state index < -0.39 is 0 Å². The van der Waals surface area contributed by atoms with Gasteiger partial charge >= 0.3 is 0 Å². The summed E-state index contributed by atoms with van der Waals surface area (Å²) in [6.07, 6.45) is 0. The van der Waals surface area contributed by atoms with Crippen LogP contribution >= 0.6 is 11.8 Å². The van der Waals surface area contributed by atoms with Gasteiger partial charge in [-0.15, -0.1) is 0 Å². The lowest BCUT2D eigenvalue weighted by Crippen LogP contribution is -2.09. The molecule has 1 aliphatic heterocycles. The predicted molar refractivity (Wildman–Crippen MR) is 58.8 cm³/mol. The van der Waals surface area contributed by atoms with Gasteiger partial charge in [-0.3, -0.25) is 0 Å². The fourth-order valence-electron chi connectivity index (χ4n) is 1.57. The molecule has 0 amide bonds. The van der Waals surface area contributed by atoms with Crippen molar-refractivity contribution in [3.05, 3.63) is 35.4 Å². The number of nitrogens with zero attached hydrogens (tertiary/aromatic N) is 1. The maximum Gasteiger partial charge on any atom is 0.242 e. The quantitative estimate of drug-likeness (QED) is 0.616. The lowest BCUT2D eigenvalue weighted by Gasteiger charge is -1.98. The SMILES string of the molecule is Cc1cccc(C2=[N+](C)CCS2)c1. The number of aryl methyl sites for hydroxylation is 1. The average Bonchev–Trinajstić information content (AvgIpc) is 2.51. The van der Waals surface area contributed by atoms with E-state index >= 15 is 0 Å². The smallest absolute Gasteiger partial charge is 0.226 e. The van der Waals surface area contributed by atoms with E-state index in [0.29, 0.717) is 0 Å². The van der Waals surface area contributed by atoms with Crippen molar-refractivity contribution in [3.8, 4) is 0 Å². The number of benzene rings is 1. The molecule has 0 radical (unpaired) electrons. The molecule has 2 rings (SSSR count). The standard InChI is InChI=1S/C11H14NS/c1-9-4-3-5-10(8-9)11-12(2)6-7-13-11/h3-5,8H,6-7H2,1-2H3/q+1. The maximum atomic E-state index is 2.33. The predicted octanol–water partition coefficient (Wildman–Crippen LogP) is 2.13. The highest BCUT2D eigenvalue weighted by Gasteiger charge is 2.20. The molecule has 1 heterocycles. The van der Waals surface area contributed by atoms with Crippen LogP contribution in [0.5, 0.6) is 0 Å². The third-order valence-corrected chi connectivity index (χ3v) is 3.48. The third-order valence-electron chi connectivity index (χ3n) is 2.28. The van der Waals surface area contributed by atoms with Crippen molar-refractivity contribution in [2.24, 2.45) is 0 Å². The minimum Gasteiger partial charge on any atom is -0.226 e. The Bertz CT molecular complexity index is 355. The normalized spacial score (nSPS) is 16.8. The molecule has 0 fully saturated rings. The van der Waals surface area contributed by atoms with Gasteiger partial charge in [0, 0.05) is 0 Å². The van der Waals surface area contributed by atoms with Gasteiger partial charge in [0.15, 0.2) is 6.54 Å². The second kappa shape index (κ2) is 3.54. The first-order chi connectivity index (χ1) is 6.27. The fraction of sp³-hybridized carbons (Fsp3) is 0.364.